The molecule has 1 saturated heterocycles. The number of benzene rings is 2. The van der Waals surface area contributed by atoms with E-state index >= 15 is 0 Å². The summed E-state index contributed by atoms with van der Waals surface area (Å²) in [5.74, 6) is 0.663. The van der Waals surface area contributed by atoms with Gasteiger partial charge in [0.2, 0.25) is 11.8 Å². The number of nitrogens with two attached hydrogens (primary N) is 1. The second kappa shape index (κ2) is 9.69. The molecule has 1 aliphatic rings. The van der Waals surface area contributed by atoms with E-state index in [4.69, 9.17) is 10.5 Å². The predicted molar refractivity (Wildman–Crippen MR) is 119 cm³/mol. The van der Waals surface area contributed by atoms with Gasteiger partial charge in [-0.05, 0) is 49.0 Å². The number of primary amides is 1. The van der Waals surface area contributed by atoms with Crippen molar-refractivity contribution < 1.29 is 9.53 Å². The average molecular weight is 405 g/mol. The molecule has 0 unspecified atom stereocenters. The van der Waals surface area contributed by atoms with Crippen LogP contribution in [0.1, 0.15) is 35.2 Å². The van der Waals surface area contributed by atoms with Crippen LogP contribution < -0.4 is 15.8 Å². The van der Waals surface area contributed by atoms with Gasteiger partial charge in [-0.25, -0.2) is 4.98 Å². The zero-order chi connectivity index (χ0) is 20.8. The lowest BCUT2D eigenvalue weighted by Crippen LogP contribution is -2.35. The zero-order valence-electron chi connectivity index (χ0n) is 17.1. The number of hydrogen-bond donors (Lipinski definition) is 2. The van der Waals surface area contributed by atoms with Gasteiger partial charge in [0, 0.05) is 37.3 Å². The molecule has 3 N–H and O–H groups in total. The van der Waals surface area contributed by atoms with E-state index in [2.05, 4.69) is 33.4 Å². The Kier molecular flexibility index (Phi) is 6.57. The standard InChI is InChI=1S/C24H28N4O2/c25-24(29)19-9-11-23(27-17-19)30-22-10-8-18(20-6-2-3-7-21(20)22)16-26-12-15-28-13-4-1-5-14-28/h2-3,6-11,17,26H,1,4-5,12-16H2,(H2,25,29). The molecule has 30 heavy (non-hydrogen) atoms. The number of carbonyl (C=O) groups is 1. The van der Waals surface area contributed by atoms with Gasteiger partial charge in [0.1, 0.15) is 5.75 Å². The number of likely N-dealkylation sites (tertiary alicyclic amines) is 1. The number of rotatable bonds is 8. The maximum Gasteiger partial charge on any atom is 0.250 e. The van der Waals surface area contributed by atoms with E-state index in [1.165, 1.54) is 44.1 Å². The Hall–Kier alpha value is -2.96. The third-order valence-corrected chi connectivity index (χ3v) is 5.58. The molecule has 6 nitrogen and oxygen atoms in total. The quantitative estimate of drug-likeness (QED) is 0.560. The van der Waals surface area contributed by atoms with Crippen molar-refractivity contribution >= 4 is 16.7 Å². The molecule has 156 valence electrons. The lowest BCUT2D eigenvalue weighted by atomic mass is 10.0. The highest BCUT2D eigenvalue weighted by Crippen LogP contribution is 2.31. The van der Waals surface area contributed by atoms with Gasteiger partial charge in [0.15, 0.2) is 0 Å². The summed E-state index contributed by atoms with van der Waals surface area (Å²) in [4.78, 5) is 17.9. The number of pyridine rings is 1. The Bertz CT molecular complexity index is 998. The summed E-state index contributed by atoms with van der Waals surface area (Å²) in [6.45, 7) is 5.37. The molecule has 3 aromatic rings. The third-order valence-electron chi connectivity index (χ3n) is 5.58. The smallest absolute Gasteiger partial charge is 0.250 e. The minimum absolute atomic E-state index is 0.359. The molecule has 1 aliphatic heterocycles. The molecule has 0 atom stereocenters. The molecule has 0 bridgehead atoms. The molecule has 0 aliphatic carbocycles. The van der Waals surface area contributed by atoms with E-state index in [0.717, 1.165) is 36.2 Å². The van der Waals surface area contributed by atoms with E-state index in [-0.39, 0.29) is 0 Å². The highest BCUT2D eigenvalue weighted by atomic mass is 16.5. The van der Waals surface area contributed by atoms with Crippen molar-refractivity contribution in [1.82, 2.24) is 15.2 Å². The zero-order valence-corrected chi connectivity index (χ0v) is 17.1. The molecule has 0 spiro atoms. The van der Waals surface area contributed by atoms with Crippen molar-refractivity contribution in [3.05, 3.63) is 65.9 Å². The van der Waals surface area contributed by atoms with E-state index in [1.807, 2.05) is 18.2 Å². The average Bonchev–Trinajstić information content (AvgIpc) is 2.79. The molecule has 0 saturated carbocycles. The minimum atomic E-state index is -0.503. The van der Waals surface area contributed by atoms with Crippen LogP contribution in [0.3, 0.4) is 0 Å². The van der Waals surface area contributed by atoms with Gasteiger partial charge < -0.3 is 20.7 Å². The van der Waals surface area contributed by atoms with Crippen LogP contribution in [0.5, 0.6) is 11.6 Å². The van der Waals surface area contributed by atoms with Crippen molar-refractivity contribution in [2.75, 3.05) is 26.2 Å². The Morgan fingerprint density at radius 2 is 1.83 bits per heavy atom. The maximum atomic E-state index is 11.2. The molecular formula is C24H28N4O2. The molecule has 1 fully saturated rings. The van der Waals surface area contributed by atoms with Crippen LogP contribution in [0, 0.1) is 0 Å². The monoisotopic (exact) mass is 404 g/mol. The number of ether oxygens (including phenoxy) is 1. The van der Waals surface area contributed by atoms with Crippen molar-refractivity contribution in [3.63, 3.8) is 0 Å². The van der Waals surface area contributed by atoms with Crippen LogP contribution in [0.4, 0.5) is 0 Å². The number of nitrogens with zero attached hydrogens (tertiary/aromatic N) is 2. The summed E-state index contributed by atoms with van der Waals surface area (Å²) >= 11 is 0. The summed E-state index contributed by atoms with van der Waals surface area (Å²) in [5.41, 5.74) is 6.87. The summed E-state index contributed by atoms with van der Waals surface area (Å²) < 4.78 is 6.00. The first-order chi connectivity index (χ1) is 14.7. The normalized spacial score (nSPS) is 14.7. The number of piperidine rings is 1. The topological polar surface area (TPSA) is 80.5 Å². The van der Waals surface area contributed by atoms with Gasteiger partial charge in [-0.2, -0.15) is 0 Å². The Balaban J connectivity index is 1.43. The van der Waals surface area contributed by atoms with Gasteiger partial charge in [0.25, 0.3) is 0 Å². The molecule has 1 amide bonds. The van der Waals surface area contributed by atoms with Gasteiger partial charge in [-0.15, -0.1) is 0 Å². The van der Waals surface area contributed by atoms with Crippen molar-refractivity contribution in [1.29, 1.82) is 0 Å². The minimum Gasteiger partial charge on any atom is -0.438 e. The first-order valence-corrected chi connectivity index (χ1v) is 10.6. The van der Waals surface area contributed by atoms with Gasteiger partial charge in [0.05, 0.1) is 5.56 Å². The fraction of sp³-hybridized carbons (Fsp3) is 0.333. The van der Waals surface area contributed by atoms with Crippen LogP contribution >= 0.6 is 0 Å². The highest BCUT2D eigenvalue weighted by molar-refractivity contribution is 5.92. The fourth-order valence-corrected chi connectivity index (χ4v) is 3.92. The van der Waals surface area contributed by atoms with E-state index in [1.54, 1.807) is 12.1 Å². The van der Waals surface area contributed by atoms with E-state index in [9.17, 15) is 4.79 Å². The van der Waals surface area contributed by atoms with Crippen molar-refractivity contribution in [2.24, 2.45) is 5.73 Å². The lowest BCUT2D eigenvalue weighted by molar-refractivity contribution is 0.1000. The number of nitrogens with one attached hydrogen (secondary N) is 1. The summed E-state index contributed by atoms with van der Waals surface area (Å²) in [7, 11) is 0. The molecule has 1 aromatic heterocycles. The van der Waals surface area contributed by atoms with E-state index < -0.39 is 5.91 Å². The SMILES string of the molecule is NC(=O)c1ccc(Oc2ccc(CNCCN3CCCCC3)c3ccccc23)nc1. The molecule has 2 aromatic carbocycles. The van der Waals surface area contributed by atoms with Crippen molar-refractivity contribution in [2.45, 2.75) is 25.8 Å². The number of fused-ring (bicyclic) bond motifs is 1. The van der Waals surface area contributed by atoms with Gasteiger partial charge in [-0.3, -0.25) is 4.79 Å². The number of hydrogen-bond acceptors (Lipinski definition) is 5. The van der Waals surface area contributed by atoms with Crippen molar-refractivity contribution in [3.8, 4) is 11.6 Å². The molecule has 6 heteroatoms. The summed E-state index contributed by atoms with van der Waals surface area (Å²) in [6, 6.07) is 15.6. The number of carbonyl (C=O) groups excluding carboxylic acids is 1. The van der Waals surface area contributed by atoms with Gasteiger partial charge >= 0.3 is 0 Å². The third kappa shape index (κ3) is 4.96. The van der Waals surface area contributed by atoms with E-state index in [0.29, 0.717) is 11.4 Å². The van der Waals surface area contributed by atoms with Crippen LogP contribution in [0.2, 0.25) is 0 Å². The second-order valence-corrected chi connectivity index (χ2v) is 7.70. The number of aromatic nitrogens is 1. The number of amides is 1. The molecule has 2 heterocycles. The fourth-order valence-electron chi connectivity index (χ4n) is 3.92. The molecular weight excluding hydrogens is 376 g/mol. The highest BCUT2D eigenvalue weighted by Gasteiger charge is 2.11. The lowest BCUT2D eigenvalue weighted by Gasteiger charge is -2.26. The van der Waals surface area contributed by atoms with Crippen LogP contribution in [0.15, 0.2) is 54.7 Å². The second-order valence-electron chi connectivity index (χ2n) is 7.70. The van der Waals surface area contributed by atoms with Crippen LogP contribution in [-0.2, 0) is 6.54 Å². The molecule has 4 rings (SSSR count). The van der Waals surface area contributed by atoms with Crippen LogP contribution in [-0.4, -0.2) is 42.0 Å². The Morgan fingerprint density at radius 3 is 2.57 bits per heavy atom. The first kappa shape index (κ1) is 20.3. The first-order valence-electron chi connectivity index (χ1n) is 10.6. The van der Waals surface area contributed by atoms with Gasteiger partial charge in [-0.1, -0.05) is 36.8 Å². The largest absolute Gasteiger partial charge is 0.438 e. The summed E-state index contributed by atoms with van der Waals surface area (Å²) in [5, 5.41) is 5.79. The molecule has 0 radical (unpaired) electrons. The predicted octanol–water partition coefficient (Wildman–Crippen LogP) is 3.70. The van der Waals surface area contributed by atoms with Crippen LogP contribution in [0.25, 0.3) is 10.8 Å². The Morgan fingerprint density at radius 1 is 1.03 bits per heavy atom. The summed E-state index contributed by atoms with van der Waals surface area (Å²) in [6.07, 6.45) is 5.45. The Labute approximate surface area is 177 Å². The maximum absolute atomic E-state index is 11.2.